The van der Waals surface area contributed by atoms with Gasteiger partial charge in [0, 0.05) is 13.1 Å². The van der Waals surface area contributed by atoms with E-state index in [-0.39, 0.29) is 13.0 Å². The standard InChI is InChI=1S/C12H18N2O4/c1-12(2,3)18-11(17)14-5-4-9(10(15)16)8(6-13)7-14/h8-9H,4-5,7H2,1-3H3,(H,15,16). The Balaban J connectivity index is 2.66. The van der Waals surface area contributed by atoms with Gasteiger partial charge in [0.1, 0.15) is 5.60 Å². The predicted molar refractivity (Wildman–Crippen MR) is 62.7 cm³/mol. The molecule has 18 heavy (non-hydrogen) atoms. The van der Waals surface area contributed by atoms with Crippen LogP contribution in [0.1, 0.15) is 27.2 Å². The Morgan fingerprint density at radius 2 is 2.06 bits per heavy atom. The summed E-state index contributed by atoms with van der Waals surface area (Å²) in [4.78, 5) is 24.1. The molecule has 0 saturated carbocycles. The van der Waals surface area contributed by atoms with E-state index in [0.29, 0.717) is 6.54 Å². The maximum atomic E-state index is 11.8. The SMILES string of the molecule is CC(C)(C)OC(=O)N1CCC(C(=O)O)C(C#N)C1. The third-order valence-electron chi connectivity index (χ3n) is 2.75. The van der Waals surface area contributed by atoms with Crippen LogP contribution >= 0.6 is 0 Å². The summed E-state index contributed by atoms with van der Waals surface area (Å²) < 4.78 is 5.20. The summed E-state index contributed by atoms with van der Waals surface area (Å²) in [5.41, 5.74) is -0.594. The van der Waals surface area contributed by atoms with Crippen molar-refractivity contribution in [1.29, 1.82) is 5.26 Å². The molecule has 2 unspecified atom stereocenters. The molecule has 1 rings (SSSR count). The van der Waals surface area contributed by atoms with Gasteiger partial charge in [-0.05, 0) is 27.2 Å². The lowest BCUT2D eigenvalue weighted by atomic mass is 9.87. The molecule has 6 heteroatoms. The number of carbonyl (C=O) groups is 2. The molecule has 1 amide bonds. The number of ether oxygens (including phenoxy) is 1. The van der Waals surface area contributed by atoms with E-state index >= 15 is 0 Å². The molecule has 6 nitrogen and oxygen atoms in total. The van der Waals surface area contributed by atoms with Crippen molar-refractivity contribution >= 4 is 12.1 Å². The first-order valence-electron chi connectivity index (χ1n) is 5.85. The van der Waals surface area contributed by atoms with Crippen molar-refractivity contribution in [3.05, 3.63) is 0 Å². The zero-order chi connectivity index (χ0) is 13.9. The summed E-state index contributed by atoms with van der Waals surface area (Å²) in [5.74, 6) is -2.36. The lowest BCUT2D eigenvalue weighted by Gasteiger charge is -2.34. The minimum absolute atomic E-state index is 0.113. The zero-order valence-corrected chi connectivity index (χ0v) is 10.8. The first-order chi connectivity index (χ1) is 8.24. The minimum Gasteiger partial charge on any atom is -0.481 e. The number of hydrogen-bond donors (Lipinski definition) is 1. The number of carbonyl (C=O) groups excluding carboxylic acids is 1. The molecule has 0 radical (unpaired) electrons. The largest absolute Gasteiger partial charge is 0.481 e. The highest BCUT2D eigenvalue weighted by atomic mass is 16.6. The van der Waals surface area contributed by atoms with E-state index in [1.54, 1.807) is 20.8 Å². The Hall–Kier alpha value is -1.77. The highest BCUT2D eigenvalue weighted by molar-refractivity contribution is 5.72. The average Bonchev–Trinajstić information content (AvgIpc) is 2.25. The van der Waals surface area contributed by atoms with E-state index in [2.05, 4.69) is 0 Å². The van der Waals surface area contributed by atoms with E-state index < -0.39 is 29.5 Å². The van der Waals surface area contributed by atoms with Gasteiger partial charge in [0.15, 0.2) is 0 Å². The smallest absolute Gasteiger partial charge is 0.410 e. The van der Waals surface area contributed by atoms with Crippen molar-refractivity contribution in [1.82, 2.24) is 4.90 Å². The predicted octanol–water partition coefficient (Wildman–Crippen LogP) is 1.47. The van der Waals surface area contributed by atoms with Gasteiger partial charge in [-0.3, -0.25) is 4.79 Å². The molecular weight excluding hydrogens is 236 g/mol. The molecule has 0 bridgehead atoms. The number of carboxylic acid groups (broad SMARTS) is 1. The lowest BCUT2D eigenvalue weighted by Crippen LogP contribution is -2.47. The number of carboxylic acids is 1. The second kappa shape index (κ2) is 5.25. The first kappa shape index (κ1) is 14.3. The quantitative estimate of drug-likeness (QED) is 0.765. The van der Waals surface area contributed by atoms with E-state index in [9.17, 15) is 9.59 Å². The van der Waals surface area contributed by atoms with Crippen LogP contribution in [0.3, 0.4) is 0 Å². The fraction of sp³-hybridized carbons (Fsp3) is 0.750. The van der Waals surface area contributed by atoms with E-state index in [1.165, 1.54) is 4.90 Å². The number of nitrogens with zero attached hydrogens (tertiary/aromatic N) is 2. The van der Waals surface area contributed by atoms with Crippen molar-refractivity contribution in [2.45, 2.75) is 32.8 Å². The van der Waals surface area contributed by atoms with Crippen LogP contribution in [-0.2, 0) is 9.53 Å². The van der Waals surface area contributed by atoms with Gasteiger partial charge in [0.25, 0.3) is 0 Å². The number of rotatable bonds is 1. The number of aliphatic carboxylic acids is 1. The Morgan fingerprint density at radius 3 is 2.50 bits per heavy atom. The van der Waals surface area contributed by atoms with Gasteiger partial charge in [-0.15, -0.1) is 0 Å². The van der Waals surface area contributed by atoms with Crippen LogP contribution < -0.4 is 0 Å². The monoisotopic (exact) mass is 254 g/mol. The zero-order valence-electron chi connectivity index (χ0n) is 10.8. The fourth-order valence-corrected chi connectivity index (χ4v) is 1.87. The highest BCUT2D eigenvalue weighted by Gasteiger charge is 2.37. The van der Waals surface area contributed by atoms with Crippen LogP contribution in [0.25, 0.3) is 0 Å². The van der Waals surface area contributed by atoms with Gasteiger partial charge in [-0.2, -0.15) is 5.26 Å². The molecule has 0 aromatic heterocycles. The van der Waals surface area contributed by atoms with Gasteiger partial charge in [-0.1, -0.05) is 0 Å². The molecule has 1 aliphatic heterocycles. The van der Waals surface area contributed by atoms with Crippen molar-refractivity contribution in [3.63, 3.8) is 0 Å². The summed E-state index contributed by atoms with van der Waals surface area (Å²) in [5, 5.41) is 17.9. The topological polar surface area (TPSA) is 90.6 Å². The van der Waals surface area contributed by atoms with Gasteiger partial charge in [-0.25, -0.2) is 4.79 Å². The van der Waals surface area contributed by atoms with Crippen LogP contribution in [0.4, 0.5) is 4.79 Å². The highest BCUT2D eigenvalue weighted by Crippen LogP contribution is 2.24. The summed E-state index contributed by atoms with van der Waals surface area (Å²) >= 11 is 0. The molecule has 100 valence electrons. The van der Waals surface area contributed by atoms with Crippen molar-refractivity contribution < 1.29 is 19.4 Å². The van der Waals surface area contributed by atoms with E-state index in [4.69, 9.17) is 15.1 Å². The van der Waals surface area contributed by atoms with Crippen molar-refractivity contribution in [2.75, 3.05) is 13.1 Å². The number of likely N-dealkylation sites (tertiary alicyclic amines) is 1. The van der Waals surface area contributed by atoms with Crippen LogP contribution in [0.5, 0.6) is 0 Å². The average molecular weight is 254 g/mol. The van der Waals surface area contributed by atoms with Crippen LogP contribution in [0.15, 0.2) is 0 Å². The summed E-state index contributed by atoms with van der Waals surface area (Å²) in [6, 6.07) is 1.95. The number of hydrogen-bond acceptors (Lipinski definition) is 4. The molecule has 1 N–H and O–H groups in total. The number of nitriles is 1. The molecule has 0 aliphatic carbocycles. The second-order valence-electron chi connectivity index (χ2n) is 5.40. The van der Waals surface area contributed by atoms with Crippen LogP contribution in [-0.4, -0.2) is 40.8 Å². The van der Waals surface area contributed by atoms with Gasteiger partial charge in [0.2, 0.25) is 0 Å². The van der Waals surface area contributed by atoms with Crippen LogP contribution in [0.2, 0.25) is 0 Å². The summed E-state index contributed by atoms with van der Waals surface area (Å²) in [7, 11) is 0. The molecule has 0 aromatic rings. The molecule has 1 fully saturated rings. The molecule has 0 spiro atoms. The number of piperidine rings is 1. The Labute approximate surface area is 106 Å². The van der Waals surface area contributed by atoms with E-state index in [1.807, 2.05) is 6.07 Å². The Kier molecular flexibility index (Phi) is 4.17. The third-order valence-corrected chi connectivity index (χ3v) is 2.75. The minimum atomic E-state index is -0.981. The fourth-order valence-electron chi connectivity index (χ4n) is 1.87. The van der Waals surface area contributed by atoms with Crippen molar-refractivity contribution in [2.24, 2.45) is 11.8 Å². The Bertz CT molecular complexity index is 381. The Morgan fingerprint density at radius 1 is 1.44 bits per heavy atom. The van der Waals surface area contributed by atoms with Crippen LogP contribution in [0, 0.1) is 23.2 Å². The third kappa shape index (κ3) is 3.62. The maximum absolute atomic E-state index is 11.8. The van der Waals surface area contributed by atoms with Gasteiger partial charge < -0.3 is 14.7 Å². The van der Waals surface area contributed by atoms with Gasteiger partial charge >= 0.3 is 12.1 Å². The van der Waals surface area contributed by atoms with Crippen molar-refractivity contribution in [3.8, 4) is 6.07 Å². The van der Waals surface area contributed by atoms with E-state index in [0.717, 1.165) is 0 Å². The molecule has 0 aromatic carbocycles. The second-order valence-corrected chi connectivity index (χ2v) is 5.40. The summed E-state index contributed by atoms with van der Waals surface area (Å²) in [6.45, 7) is 5.70. The molecule has 1 saturated heterocycles. The molecule has 1 heterocycles. The molecule has 2 atom stereocenters. The molecule has 1 aliphatic rings. The number of amides is 1. The summed E-state index contributed by atoms with van der Waals surface area (Å²) in [6.07, 6.45) is -0.209. The molecular formula is C12H18N2O4. The lowest BCUT2D eigenvalue weighted by molar-refractivity contribution is -0.144. The normalized spacial score (nSPS) is 24.2. The van der Waals surface area contributed by atoms with Gasteiger partial charge in [0.05, 0.1) is 17.9 Å². The maximum Gasteiger partial charge on any atom is 0.410 e. The first-order valence-corrected chi connectivity index (χ1v) is 5.85.